The molecule has 0 aromatic carbocycles. The maximum absolute atomic E-state index is 11.5. The molecule has 0 saturated carbocycles. The van der Waals surface area contributed by atoms with Crippen molar-refractivity contribution in [2.45, 2.75) is 25.7 Å². The van der Waals surface area contributed by atoms with E-state index >= 15 is 0 Å². The predicted octanol–water partition coefficient (Wildman–Crippen LogP) is 2.50. The van der Waals surface area contributed by atoms with E-state index in [0.717, 1.165) is 18.1 Å². The molecule has 0 radical (unpaired) electrons. The minimum Gasteiger partial charge on any atom is -0.465 e. The van der Waals surface area contributed by atoms with Gasteiger partial charge in [-0.1, -0.05) is 12.8 Å². The summed E-state index contributed by atoms with van der Waals surface area (Å²) in [4.78, 5) is 14.3. The molecule has 0 atom stereocenters. The van der Waals surface area contributed by atoms with E-state index in [-0.39, 0.29) is 5.97 Å². The lowest BCUT2D eigenvalue weighted by Gasteiger charge is -2.19. The topological polar surface area (TPSA) is 55.6 Å². The summed E-state index contributed by atoms with van der Waals surface area (Å²) in [6, 6.07) is 1.89. The number of carbonyl (C=O) groups is 1. The van der Waals surface area contributed by atoms with Crippen LogP contribution in [-0.4, -0.2) is 26.2 Å². The van der Waals surface area contributed by atoms with Crippen molar-refractivity contribution in [2.24, 2.45) is 0 Å². The molecule has 0 aliphatic carbocycles. The van der Waals surface area contributed by atoms with Crippen LogP contribution in [0.3, 0.4) is 0 Å². The van der Waals surface area contributed by atoms with Crippen LogP contribution in [0, 0.1) is 0 Å². The second kappa shape index (κ2) is 5.40. The van der Waals surface area contributed by atoms with Crippen LogP contribution in [0.5, 0.6) is 0 Å². The maximum atomic E-state index is 11.5. The quantitative estimate of drug-likeness (QED) is 0.824. The highest BCUT2D eigenvalue weighted by atomic mass is 32.1. The fraction of sp³-hybridized carbons (Fsp3) is 0.583. The number of hydrogen-bond acceptors (Lipinski definition) is 5. The number of nitrogens with two attached hydrogens (primary N) is 1. The molecule has 0 bridgehead atoms. The van der Waals surface area contributed by atoms with E-state index in [1.54, 1.807) is 0 Å². The first-order valence-electron chi connectivity index (χ1n) is 5.95. The SMILES string of the molecule is COC(=O)c1sc(N2CCCCCC2)cc1N. The molecule has 5 heteroatoms. The van der Waals surface area contributed by atoms with Crippen LogP contribution in [0.15, 0.2) is 6.07 Å². The van der Waals surface area contributed by atoms with Crippen LogP contribution in [0.2, 0.25) is 0 Å². The monoisotopic (exact) mass is 254 g/mol. The number of thiophene rings is 1. The van der Waals surface area contributed by atoms with Crippen molar-refractivity contribution in [3.63, 3.8) is 0 Å². The van der Waals surface area contributed by atoms with Gasteiger partial charge >= 0.3 is 5.97 Å². The van der Waals surface area contributed by atoms with Crippen LogP contribution in [-0.2, 0) is 4.74 Å². The number of esters is 1. The summed E-state index contributed by atoms with van der Waals surface area (Å²) in [5.74, 6) is -0.339. The van der Waals surface area contributed by atoms with Crippen LogP contribution in [0.4, 0.5) is 10.7 Å². The van der Waals surface area contributed by atoms with Crippen LogP contribution >= 0.6 is 11.3 Å². The number of anilines is 2. The van der Waals surface area contributed by atoms with Gasteiger partial charge in [0.2, 0.25) is 0 Å². The molecular formula is C12H18N2O2S. The number of rotatable bonds is 2. The van der Waals surface area contributed by atoms with Crippen molar-refractivity contribution in [1.29, 1.82) is 0 Å². The predicted molar refractivity (Wildman–Crippen MR) is 70.8 cm³/mol. The standard InChI is InChI=1S/C12H18N2O2S/c1-16-12(15)11-9(13)8-10(17-11)14-6-4-2-3-5-7-14/h8H,2-7,13H2,1H3. The van der Waals surface area contributed by atoms with Crippen molar-refractivity contribution in [3.8, 4) is 0 Å². The first-order valence-corrected chi connectivity index (χ1v) is 6.76. The van der Waals surface area contributed by atoms with Crippen molar-refractivity contribution in [1.82, 2.24) is 0 Å². The van der Waals surface area contributed by atoms with Crippen molar-refractivity contribution >= 4 is 28.0 Å². The molecule has 2 rings (SSSR count). The zero-order chi connectivity index (χ0) is 12.3. The summed E-state index contributed by atoms with van der Waals surface area (Å²) in [7, 11) is 1.38. The van der Waals surface area contributed by atoms with E-state index in [1.807, 2.05) is 6.07 Å². The molecule has 0 unspecified atom stereocenters. The number of methoxy groups -OCH3 is 1. The summed E-state index contributed by atoms with van der Waals surface area (Å²) in [6.45, 7) is 2.11. The van der Waals surface area contributed by atoms with Gasteiger partial charge in [-0.15, -0.1) is 11.3 Å². The van der Waals surface area contributed by atoms with Gasteiger partial charge in [-0.3, -0.25) is 0 Å². The van der Waals surface area contributed by atoms with Gasteiger partial charge in [0.05, 0.1) is 17.8 Å². The summed E-state index contributed by atoms with van der Waals surface area (Å²) < 4.78 is 4.72. The first kappa shape index (κ1) is 12.2. The Kier molecular flexibility index (Phi) is 3.89. The van der Waals surface area contributed by atoms with Gasteiger partial charge in [-0.05, 0) is 18.9 Å². The van der Waals surface area contributed by atoms with Crippen LogP contribution < -0.4 is 10.6 Å². The molecule has 0 spiro atoms. The van der Waals surface area contributed by atoms with Gasteiger partial charge in [-0.2, -0.15) is 0 Å². The number of ether oxygens (including phenoxy) is 1. The van der Waals surface area contributed by atoms with E-state index in [0.29, 0.717) is 10.6 Å². The first-order chi connectivity index (χ1) is 8.22. The summed E-state index contributed by atoms with van der Waals surface area (Å²) in [5, 5.41) is 1.09. The Morgan fingerprint density at radius 3 is 2.59 bits per heavy atom. The molecule has 2 N–H and O–H groups in total. The largest absolute Gasteiger partial charge is 0.465 e. The van der Waals surface area contributed by atoms with E-state index in [2.05, 4.69) is 4.90 Å². The van der Waals surface area contributed by atoms with Gasteiger partial charge < -0.3 is 15.4 Å². The van der Waals surface area contributed by atoms with Crippen molar-refractivity contribution in [3.05, 3.63) is 10.9 Å². The van der Waals surface area contributed by atoms with E-state index in [4.69, 9.17) is 10.5 Å². The van der Waals surface area contributed by atoms with Gasteiger partial charge in [0.1, 0.15) is 4.88 Å². The highest BCUT2D eigenvalue weighted by Crippen LogP contribution is 2.33. The average molecular weight is 254 g/mol. The molecule has 0 amide bonds. The highest BCUT2D eigenvalue weighted by molar-refractivity contribution is 7.18. The van der Waals surface area contributed by atoms with Crippen molar-refractivity contribution < 1.29 is 9.53 Å². The van der Waals surface area contributed by atoms with E-state index in [1.165, 1.54) is 44.1 Å². The number of carbonyl (C=O) groups excluding carboxylic acids is 1. The Morgan fingerprint density at radius 2 is 2.00 bits per heavy atom. The average Bonchev–Trinajstić information content (AvgIpc) is 2.57. The van der Waals surface area contributed by atoms with Crippen LogP contribution in [0.25, 0.3) is 0 Å². The minimum atomic E-state index is -0.339. The number of nitrogens with zero attached hydrogens (tertiary/aromatic N) is 1. The molecule has 1 saturated heterocycles. The molecule has 1 aromatic rings. The normalized spacial score (nSPS) is 16.6. The van der Waals surface area contributed by atoms with Crippen LogP contribution in [0.1, 0.15) is 35.4 Å². The molecule has 2 heterocycles. The lowest BCUT2D eigenvalue weighted by Crippen LogP contribution is -2.22. The minimum absolute atomic E-state index is 0.339. The van der Waals surface area contributed by atoms with Gasteiger partial charge in [0.25, 0.3) is 0 Å². The molecule has 1 aliphatic rings. The number of nitrogen functional groups attached to an aromatic ring is 1. The second-order valence-electron chi connectivity index (χ2n) is 4.26. The third kappa shape index (κ3) is 2.72. The lowest BCUT2D eigenvalue weighted by molar-refractivity contribution is 0.0607. The Labute approximate surface area is 105 Å². The zero-order valence-corrected chi connectivity index (χ0v) is 10.9. The summed E-state index contributed by atoms with van der Waals surface area (Å²) in [6.07, 6.45) is 5.01. The zero-order valence-electron chi connectivity index (χ0n) is 10.1. The summed E-state index contributed by atoms with van der Waals surface area (Å²) in [5.41, 5.74) is 6.38. The molecule has 1 aromatic heterocycles. The Balaban J connectivity index is 2.18. The Morgan fingerprint density at radius 1 is 1.35 bits per heavy atom. The highest BCUT2D eigenvalue weighted by Gasteiger charge is 2.18. The summed E-state index contributed by atoms with van der Waals surface area (Å²) >= 11 is 1.43. The second-order valence-corrected chi connectivity index (χ2v) is 5.29. The van der Waals surface area contributed by atoms with E-state index < -0.39 is 0 Å². The molecule has 4 nitrogen and oxygen atoms in total. The van der Waals surface area contributed by atoms with Gasteiger partial charge in [0, 0.05) is 13.1 Å². The number of hydrogen-bond donors (Lipinski definition) is 1. The van der Waals surface area contributed by atoms with Gasteiger partial charge in [0.15, 0.2) is 0 Å². The fourth-order valence-corrected chi connectivity index (χ4v) is 3.14. The van der Waals surface area contributed by atoms with Gasteiger partial charge in [-0.25, -0.2) is 4.79 Å². The molecule has 94 valence electrons. The maximum Gasteiger partial charge on any atom is 0.350 e. The molecule has 1 fully saturated rings. The van der Waals surface area contributed by atoms with E-state index in [9.17, 15) is 4.79 Å². The molecular weight excluding hydrogens is 236 g/mol. The Hall–Kier alpha value is -1.23. The Bertz CT molecular complexity index is 395. The third-order valence-electron chi connectivity index (χ3n) is 3.04. The molecule has 17 heavy (non-hydrogen) atoms. The molecule has 1 aliphatic heterocycles. The third-order valence-corrected chi connectivity index (χ3v) is 4.23. The smallest absolute Gasteiger partial charge is 0.350 e. The fourth-order valence-electron chi connectivity index (χ4n) is 2.09. The lowest BCUT2D eigenvalue weighted by atomic mass is 10.2. The van der Waals surface area contributed by atoms with Crippen molar-refractivity contribution in [2.75, 3.05) is 30.8 Å².